The molecule has 0 saturated heterocycles. The second-order valence-corrected chi connectivity index (χ2v) is 4.07. The van der Waals surface area contributed by atoms with Gasteiger partial charge in [-0.2, -0.15) is 0 Å². The van der Waals surface area contributed by atoms with Crippen molar-refractivity contribution in [1.29, 1.82) is 0 Å². The van der Waals surface area contributed by atoms with Crippen molar-refractivity contribution in [2.45, 2.75) is 6.92 Å². The number of phenols is 1. The van der Waals surface area contributed by atoms with Gasteiger partial charge < -0.3 is 10.4 Å². The van der Waals surface area contributed by atoms with Crippen LogP contribution in [-0.2, 0) is 0 Å². The van der Waals surface area contributed by atoms with Gasteiger partial charge in [0.15, 0.2) is 0 Å². The summed E-state index contributed by atoms with van der Waals surface area (Å²) in [6.45, 7) is 1.89. The maximum absolute atomic E-state index is 11.7. The van der Waals surface area contributed by atoms with Gasteiger partial charge >= 0.3 is 0 Å². The van der Waals surface area contributed by atoms with Gasteiger partial charge in [0.05, 0.1) is 11.2 Å². The minimum Gasteiger partial charge on any atom is -0.506 e. The molecule has 1 heterocycles. The molecule has 0 spiro atoms. The zero-order valence-electron chi connectivity index (χ0n) is 8.60. The fraction of sp³-hybridized carbons (Fsp3) is 0.0909. The minimum atomic E-state index is -0.317. The molecule has 16 heavy (non-hydrogen) atoms. The quantitative estimate of drug-likeness (QED) is 0.784. The van der Waals surface area contributed by atoms with Crippen molar-refractivity contribution in [2.24, 2.45) is 0 Å². The molecule has 0 atom stereocenters. The molecule has 2 aromatic rings. The summed E-state index contributed by atoms with van der Waals surface area (Å²) >= 11 is 1.35. The monoisotopic (exact) mass is 234 g/mol. The fourth-order valence-corrected chi connectivity index (χ4v) is 1.79. The Morgan fingerprint density at radius 1 is 1.50 bits per heavy atom. The summed E-state index contributed by atoms with van der Waals surface area (Å²) in [5, 5.41) is 13.8. The molecule has 2 rings (SSSR count). The number of rotatable bonds is 2. The summed E-state index contributed by atoms with van der Waals surface area (Å²) < 4.78 is 0. The van der Waals surface area contributed by atoms with E-state index in [4.69, 9.17) is 0 Å². The van der Waals surface area contributed by atoms with Crippen LogP contribution in [-0.4, -0.2) is 16.0 Å². The van der Waals surface area contributed by atoms with Gasteiger partial charge in [0.2, 0.25) is 0 Å². The highest BCUT2D eigenvalue weighted by atomic mass is 32.1. The molecule has 2 N–H and O–H groups in total. The van der Waals surface area contributed by atoms with E-state index in [0.717, 1.165) is 5.56 Å². The number of thiazole rings is 1. The number of amides is 1. The SMILES string of the molecule is Cc1ccc(O)c(NC(=O)c2cscn2)c1. The van der Waals surface area contributed by atoms with E-state index in [1.165, 1.54) is 11.3 Å². The summed E-state index contributed by atoms with van der Waals surface area (Å²) in [4.78, 5) is 15.5. The van der Waals surface area contributed by atoms with E-state index in [9.17, 15) is 9.90 Å². The van der Waals surface area contributed by atoms with Crippen LogP contribution in [0.3, 0.4) is 0 Å². The molecule has 0 fully saturated rings. The van der Waals surface area contributed by atoms with Crippen LogP contribution in [0.1, 0.15) is 16.1 Å². The smallest absolute Gasteiger partial charge is 0.275 e. The van der Waals surface area contributed by atoms with Crippen LogP contribution in [0.25, 0.3) is 0 Å². The van der Waals surface area contributed by atoms with Gasteiger partial charge in [-0.05, 0) is 24.6 Å². The summed E-state index contributed by atoms with van der Waals surface area (Å²) in [6.07, 6.45) is 0. The Morgan fingerprint density at radius 2 is 2.31 bits per heavy atom. The molecule has 0 saturated carbocycles. The summed E-state index contributed by atoms with van der Waals surface area (Å²) in [6, 6.07) is 5.03. The first kappa shape index (κ1) is 10.6. The second kappa shape index (κ2) is 4.32. The predicted molar refractivity (Wildman–Crippen MR) is 62.9 cm³/mol. The number of benzene rings is 1. The number of nitrogens with one attached hydrogen (secondary N) is 1. The number of aromatic nitrogens is 1. The van der Waals surface area contributed by atoms with Gasteiger partial charge in [-0.1, -0.05) is 6.07 Å². The minimum absolute atomic E-state index is 0.0502. The standard InChI is InChI=1S/C11H10N2O2S/c1-7-2-3-10(14)8(4-7)13-11(15)9-5-16-6-12-9/h2-6,14H,1H3,(H,13,15). The van der Waals surface area contributed by atoms with Crippen LogP contribution >= 0.6 is 11.3 Å². The first-order chi connectivity index (χ1) is 7.66. The first-order valence-corrected chi connectivity index (χ1v) is 5.60. The zero-order chi connectivity index (χ0) is 11.5. The molecule has 0 radical (unpaired) electrons. The van der Waals surface area contributed by atoms with Gasteiger partial charge in [-0.25, -0.2) is 4.98 Å². The van der Waals surface area contributed by atoms with E-state index in [1.807, 2.05) is 6.92 Å². The van der Waals surface area contributed by atoms with E-state index >= 15 is 0 Å². The second-order valence-electron chi connectivity index (χ2n) is 3.35. The van der Waals surface area contributed by atoms with E-state index in [2.05, 4.69) is 10.3 Å². The van der Waals surface area contributed by atoms with Crippen LogP contribution < -0.4 is 5.32 Å². The number of carbonyl (C=O) groups is 1. The average molecular weight is 234 g/mol. The van der Waals surface area contributed by atoms with Gasteiger partial charge in [-0.15, -0.1) is 11.3 Å². The van der Waals surface area contributed by atoms with Crippen molar-refractivity contribution >= 4 is 22.9 Å². The van der Waals surface area contributed by atoms with E-state index < -0.39 is 0 Å². The lowest BCUT2D eigenvalue weighted by atomic mass is 10.2. The Bertz CT molecular complexity index is 509. The number of carbonyl (C=O) groups excluding carboxylic acids is 1. The molecule has 0 bridgehead atoms. The van der Waals surface area contributed by atoms with Crippen molar-refractivity contribution in [3.05, 3.63) is 40.3 Å². The number of nitrogens with zero attached hydrogens (tertiary/aromatic N) is 1. The highest BCUT2D eigenvalue weighted by Crippen LogP contribution is 2.24. The molecule has 0 unspecified atom stereocenters. The number of aryl methyl sites for hydroxylation is 1. The molecule has 4 nitrogen and oxygen atoms in total. The number of anilines is 1. The number of hydrogen-bond donors (Lipinski definition) is 2. The molecular formula is C11H10N2O2S. The van der Waals surface area contributed by atoms with Gasteiger partial charge in [0.25, 0.3) is 5.91 Å². The van der Waals surface area contributed by atoms with Crippen LogP contribution in [0.2, 0.25) is 0 Å². The number of phenolic OH excluding ortho intramolecular Hbond substituents is 1. The molecular weight excluding hydrogens is 224 g/mol. The lowest BCUT2D eigenvalue weighted by Gasteiger charge is -2.06. The summed E-state index contributed by atoms with van der Waals surface area (Å²) in [5.41, 5.74) is 3.31. The number of hydrogen-bond acceptors (Lipinski definition) is 4. The van der Waals surface area contributed by atoms with Crippen molar-refractivity contribution < 1.29 is 9.90 Å². The molecule has 0 aliphatic rings. The Morgan fingerprint density at radius 3 is 3.00 bits per heavy atom. The van der Waals surface area contributed by atoms with E-state index in [0.29, 0.717) is 11.4 Å². The topological polar surface area (TPSA) is 62.2 Å². The Balaban J connectivity index is 2.21. The summed E-state index contributed by atoms with van der Waals surface area (Å²) in [5.74, 6) is -0.267. The van der Waals surface area contributed by atoms with E-state index in [-0.39, 0.29) is 11.7 Å². The van der Waals surface area contributed by atoms with Crippen molar-refractivity contribution in [2.75, 3.05) is 5.32 Å². The Kier molecular flexibility index (Phi) is 2.87. The Hall–Kier alpha value is -1.88. The van der Waals surface area contributed by atoms with Crippen molar-refractivity contribution in [3.8, 4) is 5.75 Å². The molecule has 1 aromatic heterocycles. The third kappa shape index (κ3) is 2.20. The number of aromatic hydroxyl groups is 1. The normalized spacial score (nSPS) is 10.1. The third-order valence-corrected chi connectivity index (χ3v) is 2.65. The zero-order valence-corrected chi connectivity index (χ0v) is 9.41. The van der Waals surface area contributed by atoms with E-state index in [1.54, 1.807) is 29.1 Å². The van der Waals surface area contributed by atoms with Crippen molar-refractivity contribution in [3.63, 3.8) is 0 Å². The fourth-order valence-electron chi connectivity index (χ4n) is 1.26. The molecule has 0 aliphatic carbocycles. The van der Waals surface area contributed by atoms with Crippen LogP contribution in [0.4, 0.5) is 5.69 Å². The van der Waals surface area contributed by atoms with Crippen molar-refractivity contribution in [1.82, 2.24) is 4.98 Å². The molecule has 1 aromatic carbocycles. The highest BCUT2D eigenvalue weighted by Gasteiger charge is 2.10. The third-order valence-electron chi connectivity index (χ3n) is 2.07. The first-order valence-electron chi connectivity index (χ1n) is 4.66. The van der Waals surface area contributed by atoms with Crippen LogP contribution in [0.5, 0.6) is 5.75 Å². The van der Waals surface area contributed by atoms with Crippen LogP contribution in [0.15, 0.2) is 29.1 Å². The maximum Gasteiger partial charge on any atom is 0.275 e. The molecule has 0 aliphatic heterocycles. The molecule has 82 valence electrons. The lowest BCUT2D eigenvalue weighted by molar-refractivity contribution is 0.102. The van der Waals surface area contributed by atoms with Gasteiger partial charge in [0, 0.05) is 5.38 Å². The Labute approximate surface area is 96.6 Å². The largest absolute Gasteiger partial charge is 0.506 e. The maximum atomic E-state index is 11.7. The van der Waals surface area contributed by atoms with Gasteiger partial charge in [0.1, 0.15) is 11.4 Å². The average Bonchev–Trinajstić information content (AvgIpc) is 2.76. The highest BCUT2D eigenvalue weighted by molar-refractivity contribution is 7.07. The summed E-state index contributed by atoms with van der Waals surface area (Å²) in [7, 11) is 0. The predicted octanol–water partition coefficient (Wildman–Crippen LogP) is 2.41. The molecule has 1 amide bonds. The molecule has 5 heteroatoms. The lowest BCUT2D eigenvalue weighted by Crippen LogP contribution is -2.12. The van der Waals surface area contributed by atoms with Gasteiger partial charge in [-0.3, -0.25) is 4.79 Å². The van der Waals surface area contributed by atoms with Crippen LogP contribution in [0, 0.1) is 6.92 Å².